The third-order valence-electron chi connectivity index (χ3n) is 3.85. The number of nitrogens with one attached hydrogen (secondary N) is 1. The first-order valence-electron chi connectivity index (χ1n) is 7.03. The summed E-state index contributed by atoms with van der Waals surface area (Å²) in [6, 6.07) is -0.215. The number of amides is 2. The van der Waals surface area contributed by atoms with Crippen molar-refractivity contribution in [3.63, 3.8) is 0 Å². The molecule has 0 saturated heterocycles. The average Bonchev–Trinajstić information content (AvgIpc) is 2.60. The van der Waals surface area contributed by atoms with Gasteiger partial charge in [-0.25, -0.2) is 0 Å². The molecular formula is C14H24ClN3O2. The number of primary amides is 1. The van der Waals surface area contributed by atoms with E-state index >= 15 is 0 Å². The van der Waals surface area contributed by atoms with Gasteiger partial charge >= 0.3 is 0 Å². The van der Waals surface area contributed by atoms with Crippen LogP contribution in [0.25, 0.3) is 0 Å². The van der Waals surface area contributed by atoms with Crippen molar-refractivity contribution >= 4 is 23.9 Å². The lowest BCUT2D eigenvalue weighted by atomic mass is 9.86. The van der Waals surface area contributed by atoms with E-state index in [1.54, 1.807) is 0 Å². The Morgan fingerprint density at radius 2 is 2.15 bits per heavy atom. The number of rotatable bonds is 7. The lowest BCUT2D eigenvalue weighted by molar-refractivity contribution is -0.123. The Bertz CT molecular complexity index is 349. The molecule has 1 aliphatic carbocycles. The van der Waals surface area contributed by atoms with Gasteiger partial charge in [0.05, 0.1) is 5.92 Å². The number of hydrogen-bond acceptors (Lipinski definition) is 3. The zero-order chi connectivity index (χ0) is 15.0. The minimum Gasteiger partial charge on any atom is -0.379 e. The maximum absolute atomic E-state index is 11.6. The first-order valence-corrected chi connectivity index (χ1v) is 7.57. The Labute approximate surface area is 125 Å². The second-order valence-electron chi connectivity index (χ2n) is 5.28. The Kier molecular flexibility index (Phi) is 7.44. The van der Waals surface area contributed by atoms with Crippen molar-refractivity contribution in [1.82, 2.24) is 10.2 Å². The molecule has 6 heteroatoms. The van der Waals surface area contributed by atoms with Gasteiger partial charge in [0.25, 0.3) is 0 Å². The topological polar surface area (TPSA) is 75.4 Å². The fraction of sp³-hybridized carbons (Fsp3) is 0.714. The molecule has 1 saturated carbocycles. The Morgan fingerprint density at radius 3 is 2.75 bits per heavy atom. The molecule has 20 heavy (non-hydrogen) atoms. The highest BCUT2D eigenvalue weighted by atomic mass is 35.5. The fourth-order valence-electron chi connectivity index (χ4n) is 2.72. The fourth-order valence-corrected chi connectivity index (χ4v) is 2.99. The third-order valence-corrected chi connectivity index (χ3v) is 4.02. The summed E-state index contributed by atoms with van der Waals surface area (Å²) in [5.74, 6) is 0.0539. The standard InChI is InChI=1S/C14H24ClN3O2/c1-18(9-7-15)8-6-11-4-2-3-5-12(14(16)20)13(11)17-10-19/h6,8,10-13H,2-5,7,9H2,1H3,(H2,16,20)(H,17,19)/b8-6-. The van der Waals surface area contributed by atoms with Gasteiger partial charge in [0, 0.05) is 25.5 Å². The lowest BCUT2D eigenvalue weighted by Crippen LogP contribution is -2.45. The first-order chi connectivity index (χ1) is 9.60. The number of hydrogen-bond donors (Lipinski definition) is 2. The van der Waals surface area contributed by atoms with Crippen LogP contribution in [0.3, 0.4) is 0 Å². The SMILES string of the molecule is CN(/C=C\C1CCCCC(C(N)=O)C1NC=O)CCCl. The molecule has 3 atom stereocenters. The smallest absolute Gasteiger partial charge is 0.222 e. The van der Waals surface area contributed by atoms with Gasteiger partial charge in [0.2, 0.25) is 12.3 Å². The maximum atomic E-state index is 11.6. The van der Waals surface area contributed by atoms with E-state index in [0.717, 1.165) is 32.2 Å². The molecule has 0 aromatic carbocycles. The van der Waals surface area contributed by atoms with Crippen molar-refractivity contribution in [3.05, 3.63) is 12.3 Å². The highest BCUT2D eigenvalue weighted by molar-refractivity contribution is 6.18. The molecule has 0 aliphatic heterocycles. The highest BCUT2D eigenvalue weighted by Gasteiger charge is 2.33. The van der Waals surface area contributed by atoms with E-state index < -0.39 is 0 Å². The molecular weight excluding hydrogens is 278 g/mol. The van der Waals surface area contributed by atoms with Crippen LogP contribution < -0.4 is 11.1 Å². The van der Waals surface area contributed by atoms with E-state index in [2.05, 4.69) is 11.4 Å². The number of halogens is 1. The second-order valence-corrected chi connectivity index (χ2v) is 5.66. The predicted molar refractivity (Wildman–Crippen MR) is 80.1 cm³/mol. The molecule has 0 spiro atoms. The molecule has 0 radical (unpaired) electrons. The van der Waals surface area contributed by atoms with Crippen LogP contribution >= 0.6 is 11.6 Å². The maximum Gasteiger partial charge on any atom is 0.222 e. The summed E-state index contributed by atoms with van der Waals surface area (Å²) in [5, 5.41) is 2.78. The molecule has 3 N–H and O–H groups in total. The number of carbonyl (C=O) groups excluding carboxylic acids is 2. The summed E-state index contributed by atoms with van der Waals surface area (Å²) in [6.45, 7) is 0.760. The third kappa shape index (κ3) is 5.04. The number of alkyl halides is 1. The van der Waals surface area contributed by atoms with Crippen LogP contribution in [0, 0.1) is 11.8 Å². The van der Waals surface area contributed by atoms with Gasteiger partial charge in [-0.1, -0.05) is 18.9 Å². The summed E-state index contributed by atoms with van der Waals surface area (Å²) in [6.07, 6.45) is 8.37. The summed E-state index contributed by atoms with van der Waals surface area (Å²) in [5.41, 5.74) is 5.48. The minimum atomic E-state index is -0.334. The van der Waals surface area contributed by atoms with E-state index in [1.165, 1.54) is 0 Å². The van der Waals surface area contributed by atoms with Gasteiger partial charge in [0.15, 0.2) is 0 Å². The molecule has 1 rings (SSSR count). The van der Waals surface area contributed by atoms with Crippen LogP contribution in [0.5, 0.6) is 0 Å². The predicted octanol–water partition coefficient (Wildman–Crippen LogP) is 1.08. The van der Waals surface area contributed by atoms with Gasteiger partial charge in [0.1, 0.15) is 0 Å². The van der Waals surface area contributed by atoms with E-state index in [0.29, 0.717) is 12.3 Å². The van der Waals surface area contributed by atoms with Crippen molar-refractivity contribution in [1.29, 1.82) is 0 Å². The van der Waals surface area contributed by atoms with Gasteiger partial charge in [-0.05, 0) is 25.0 Å². The normalized spacial score (nSPS) is 27.0. The second kappa shape index (κ2) is 8.84. The highest BCUT2D eigenvalue weighted by Crippen LogP contribution is 2.29. The summed E-state index contributed by atoms with van der Waals surface area (Å²) in [7, 11) is 1.95. The van der Waals surface area contributed by atoms with Crippen molar-refractivity contribution in [2.45, 2.75) is 31.7 Å². The molecule has 1 aliphatic rings. The first kappa shape index (κ1) is 16.8. The molecule has 114 valence electrons. The Balaban J connectivity index is 2.82. The van der Waals surface area contributed by atoms with Crippen LogP contribution in [-0.2, 0) is 9.59 Å². The summed E-state index contributed by atoms with van der Waals surface area (Å²) >= 11 is 5.69. The molecule has 0 heterocycles. The van der Waals surface area contributed by atoms with E-state index in [4.69, 9.17) is 17.3 Å². The van der Waals surface area contributed by atoms with Crippen LogP contribution in [0.2, 0.25) is 0 Å². The summed E-state index contributed by atoms with van der Waals surface area (Å²) < 4.78 is 0. The Morgan fingerprint density at radius 1 is 1.45 bits per heavy atom. The van der Waals surface area contributed by atoms with Crippen molar-refractivity contribution in [2.24, 2.45) is 17.6 Å². The molecule has 1 fully saturated rings. The van der Waals surface area contributed by atoms with E-state index in [-0.39, 0.29) is 23.8 Å². The summed E-state index contributed by atoms with van der Waals surface area (Å²) in [4.78, 5) is 24.4. The quantitative estimate of drug-likeness (QED) is 0.420. The molecule has 0 aromatic heterocycles. The van der Waals surface area contributed by atoms with Crippen LogP contribution in [0.15, 0.2) is 12.3 Å². The largest absolute Gasteiger partial charge is 0.379 e. The van der Waals surface area contributed by atoms with E-state index in [1.807, 2.05) is 18.1 Å². The number of nitrogens with two attached hydrogens (primary N) is 1. The van der Waals surface area contributed by atoms with Gasteiger partial charge < -0.3 is 16.0 Å². The average molecular weight is 302 g/mol. The molecule has 3 unspecified atom stereocenters. The van der Waals surface area contributed by atoms with Crippen molar-refractivity contribution in [3.8, 4) is 0 Å². The van der Waals surface area contributed by atoms with Gasteiger partial charge in [-0.15, -0.1) is 11.6 Å². The minimum absolute atomic E-state index is 0.123. The van der Waals surface area contributed by atoms with Crippen LogP contribution in [-0.4, -0.2) is 42.7 Å². The lowest BCUT2D eigenvalue weighted by Gasteiger charge is -2.28. The van der Waals surface area contributed by atoms with Gasteiger partial charge in [-0.3, -0.25) is 9.59 Å². The molecule has 2 amide bonds. The molecule has 5 nitrogen and oxygen atoms in total. The Hall–Kier alpha value is -1.23. The number of carbonyl (C=O) groups is 2. The molecule has 0 aromatic rings. The van der Waals surface area contributed by atoms with E-state index in [9.17, 15) is 9.59 Å². The van der Waals surface area contributed by atoms with Crippen molar-refractivity contribution in [2.75, 3.05) is 19.5 Å². The number of nitrogens with zero attached hydrogens (tertiary/aromatic N) is 1. The van der Waals surface area contributed by atoms with Crippen molar-refractivity contribution < 1.29 is 9.59 Å². The van der Waals surface area contributed by atoms with Gasteiger partial charge in [-0.2, -0.15) is 0 Å². The zero-order valence-electron chi connectivity index (χ0n) is 11.9. The zero-order valence-corrected chi connectivity index (χ0v) is 12.7. The molecule has 0 bridgehead atoms. The van der Waals surface area contributed by atoms with Crippen LogP contribution in [0.4, 0.5) is 0 Å². The van der Waals surface area contributed by atoms with Crippen LogP contribution in [0.1, 0.15) is 25.7 Å². The monoisotopic (exact) mass is 301 g/mol.